The van der Waals surface area contributed by atoms with Crippen LogP contribution < -0.4 is 5.32 Å². The number of ether oxygens (including phenoxy) is 1. The Morgan fingerprint density at radius 3 is 2.94 bits per heavy atom. The van der Waals surface area contributed by atoms with Crippen molar-refractivity contribution in [2.75, 3.05) is 13.2 Å². The first-order valence-corrected chi connectivity index (χ1v) is 5.51. The van der Waals surface area contributed by atoms with Crippen molar-refractivity contribution in [3.63, 3.8) is 0 Å². The van der Waals surface area contributed by atoms with E-state index in [9.17, 15) is 4.79 Å². The summed E-state index contributed by atoms with van der Waals surface area (Å²) in [5, 5.41) is 2.79. The fraction of sp³-hybridized carbons (Fsp3) is 0.500. The fourth-order valence-corrected chi connectivity index (χ4v) is 1.18. The van der Waals surface area contributed by atoms with Gasteiger partial charge < -0.3 is 10.1 Å². The maximum atomic E-state index is 11.5. The molecule has 0 aliphatic rings. The molecular weight excluding hydrogens is 204 g/mol. The van der Waals surface area contributed by atoms with Crippen LogP contribution in [0.3, 0.4) is 0 Å². The highest BCUT2D eigenvalue weighted by Crippen LogP contribution is 1.93. The Hall–Kier alpha value is -1.42. The summed E-state index contributed by atoms with van der Waals surface area (Å²) in [6.45, 7) is 5.27. The van der Waals surface area contributed by atoms with Crippen molar-refractivity contribution in [3.05, 3.63) is 30.1 Å². The minimum absolute atomic E-state index is 0.134. The highest BCUT2D eigenvalue weighted by molar-refractivity contribution is 5.92. The lowest BCUT2D eigenvalue weighted by Gasteiger charge is -2.07. The molecule has 1 aromatic heterocycles. The Labute approximate surface area is 96.0 Å². The molecule has 88 valence electrons. The van der Waals surface area contributed by atoms with E-state index >= 15 is 0 Å². The molecule has 0 radical (unpaired) electrons. The van der Waals surface area contributed by atoms with Gasteiger partial charge in [-0.1, -0.05) is 6.07 Å². The molecule has 0 unspecified atom stereocenters. The average molecular weight is 222 g/mol. The van der Waals surface area contributed by atoms with E-state index in [-0.39, 0.29) is 12.0 Å². The first kappa shape index (κ1) is 12.6. The molecule has 1 amide bonds. The lowest BCUT2D eigenvalue weighted by Crippen LogP contribution is -2.26. The molecule has 1 aromatic rings. The lowest BCUT2D eigenvalue weighted by atomic mass is 10.3. The van der Waals surface area contributed by atoms with Gasteiger partial charge in [-0.15, -0.1) is 0 Å². The van der Waals surface area contributed by atoms with E-state index in [0.717, 1.165) is 6.42 Å². The zero-order valence-electron chi connectivity index (χ0n) is 9.77. The van der Waals surface area contributed by atoms with Gasteiger partial charge in [-0.05, 0) is 32.4 Å². The second-order valence-corrected chi connectivity index (χ2v) is 3.74. The topological polar surface area (TPSA) is 51.2 Å². The van der Waals surface area contributed by atoms with Gasteiger partial charge in [-0.3, -0.25) is 9.78 Å². The number of carbonyl (C=O) groups is 1. The van der Waals surface area contributed by atoms with Gasteiger partial charge in [0.05, 0.1) is 6.10 Å². The minimum Gasteiger partial charge on any atom is -0.379 e. The maximum absolute atomic E-state index is 11.5. The summed E-state index contributed by atoms with van der Waals surface area (Å²) in [6.07, 6.45) is 2.67. The summed E-state index contributed by atoms with van der Waals surface area (Å²) in [4.78, 5) is 15.5. The number of pyridine rings is 1. The minimum atomic E-state index is -0.134. The second-order valence-electron chi connectivity index (χ2n) is 3.74. The number of nitrogens with one attached hydrogen (secondary N) is 1. The van der Waals surface area contributed by atoms with E-state index in [4.69, 9.17) is 4.74 Å². The van der Waals surface area contributed by atoms with Crippen molar-refractivity contribution in [1.82, 2.24) is 10.3 Å². The number of amides is 1. The smallest absolute Gasteiger partial charge is 0.269 e. The monoisotopic (exact) mass is 222 g/mol. The van der Waals surface area contributed by atoms with Crippen LogP contribution in [0, 0.1) is 0 Å². The summed E-state index contributed by atoms with van der Waals surface area (Å²) in [5.74, 6) is -0.134. The Kier molecular flexibility index (Phi) is 5.50. The van der Waals surface area contributed by atoms with Crippen molar-refractivity contribution >= 4 is 5.91 Å². The fourth-order valence-electron chi connectivity index (χ4n) is 1.18. The predicted octanol–water partition coefficient (Wildman–Crippen LogP) is 1.63. The second kappa shape index (κ2) is 6.95. The van der Waals surface area contributed by atoms with Gasteiger partial charge in [-0.25, -0.2) is 0 Å². The quantitative estimate of drug-likeness (QED) is 0.744. The molecule has 16 heavy (non-hydrogen) atoms. The van der Waals surface area contributed by atoms with Crippen molar-refractivity contribution in [1.29, 1.82) is 0 Å². The van der Waals surface area contributed by atoms with E-state index < -0.39 is 0 Å². The molecular formula is C12H18N2O2. The lowest BCUT2D eigenvalue weighted by molar-refractivity contribution is 0.0756. The highest BCUT2D eigenvalue weighted by atomic mass is 16.5. The van der Waals surface area contributed by atoms with E-state index in [1.54, 1.807) is 24.4 Å². The van der Waals surface area contributed by atoms with Crippen LogP contribution in [-0.4, -0.2) is 30.1 Å². The number of nitrogens with zero attached hydrogens (tertiary/aromatic N) is 1. The molecule has 0 atom stereocenters. The number of rotatable bonds is 6. The molecule has 0 aliphatic carbocycles. The summed E-state index contributed by atoms with van der Waals surface area (Å²) >= 11 is 0. The molecule has 4 nitrogen and oxygen atoms in total. The zero-order valence-corrected chi connectivity index (χ0v) is 9.77. The Morgan fingerprint density at radius 2 is 2.31 bits per heavy atom. The van der Waals surface area contributed by atoms with E-state index in [1.807, 2.05) is 13.8 Å². The van der Waals surface area contributed by atoms with Crippen molar-refractivity contribution in [2.24, 2.45) is 0 Å². The number of aromatic nitrogens is 1. The van der Waals surface area contributed by atoms with Crippen LogP contribution in [0.15, 0.2) is 24.4 Å². The third-order valence-electron chi connectivity index (χ3n) is 1.96. The molecule has 1 rings (SSSR count). The summed E-state index contributed by atoms with van der Waals surface area (Å²) in [7, 11) is 0. The molecule has 0 fully saturated rings. The van der Waals surface area contributed by atoms with Crippen LogP contribution in [0.5, 0.6) is 0 Å². The van der Waals surface area contributed by atoms with Crippen molar-refractivity contribution in [2.45, 2.75) is 26.4 Å². The van der Waals surface area contributed by atoms with E-state index in [1.165, 1.54) is 0 Å². The molecule has 0 saturated heterocycles. The SMILES string of the molecule is CC(C)OCCCNC(=O)c1ccccn1. The molecule has 1 N–H and O–H groups in total. The number of hydrogen-bond acceptors (Lipinski definition) is 3. The van der Waals surface area contributed by atoms with Crippen LogP contribution in [-0.2, 0) is 4.74 Å². The third kappa shape index (κ3) is 4.89. The van der Waals surface area contributed by atoms with Crippen molar-refractivity contribution < 1.29 is 9.53 Å². The largest absolute Gasteiger partial charge is 0.379 e. The number of hydrogen-bond donors (Lipinski definition) is 1. The summed E-state index contributed by atoms with van der Waals surface area (Å²) in [5.41, 5.74) is 0.451. The normalized spacial score (nSPS) is 10.4. The molecule has 4 heteroatoms. The van der Waals surface area contributed by atoms with Crippen LogP contribution in [0.2, 0.25) is 0 Å². The van der Waals surface area contributed by atoms with Gasteiger partial charge in [0.25, 0.3) is 5.91 Å². The molecule has 0 saturated carbocycles. The first-order valence-electron chi connectivity index (χ1n) is 5.51. The Balaban J connectivity index is 2.16. The predicted molar refractivity (Wildman–Crippen MR) is 62.3 cm³/mol. The van der Waals surface area contributed by atoms with Crippen molar-refractivity contribution in [3.8, 4) is 0 Å². The van der Waals surface area contributed by atoms with Gasteiger partial charge in [0, 0.05) is 19.3 Å². The van der Waals surface area contributed by atoms with Crippen LogP contribution in [0.4, 0.5) is 0 Å². The molecule has 0 spiro atoms. The maximum Gasteiger partial charge on any atom is 0.269 e. The zero-order chi connectivity index (χ0) is 11.8. The highest BCUT2D eigenvalue weighted by Gasteiger charge is 2.04. The van der Waals surface area contributed by atoms with Gasteiger partial charge >= 0.3 is 0 Å². The average Bonchev–Trinajstić information content (AvgIpc) is 2.29. The Bertz CT molecular complexity index is 312. The Morgan fingerprint density at radius 1 is 1.50 bits per heavy atom. The van der Waals surface area contributed by atoms with E-state index in [2.05, 4.69) is 10.3 Å². The van der Waals surface area contributed by atoms with E-state index in [0.29, 0.717) is 18.8 Å². The summed E-state index contributed by atoms with van der Waals surface area (Å²) < 4.78 is 5.36. The van der Waals surface area contributed by atoms with Crippen LogP contribution in [0.25, 0.3) is 0 Å². The first-order chi connectivity index (χ1) is 7.70. The van der Waals surface area contributed by atoms with Gasteiger partial charge in [0.1, 0.15) is 5.69 Å². The van der Waals surface area contributed by atoms with Gasteiger partial charge in [0.15, 0.2) is 0 Å². The van der Waals surface area contributed by atoms with Gasteiger partial charge in [-0.2, -0.15) is 0 Å². The standard InChI is InChI=1S/C12H18N2O2/c1-10(2)16-9-5-8-14-12(15)11-6-3-4-7-13-11/h3-4,6-7,10H,5,8-9H2,1-2H3,(H,14,15). The van der Waals surface area contributed by atoms with Crippen LogP contribution in [0.1, 0.15) is 30.8 Å². The van der Waals surface area contributed by atoms with Gasteiger partial charge in [0.2, 0.25) is 0 Å². The molecule has 0 aromatic carbocycles. The molecule has 1 heterocycles. The van der Waals surface area contributed by atoms with Crippen LogP contribution >= 0.6 is 0 Å². The third-order valence-corrected chi connectivity index (χ3v) is 1.96. The number of carbonyl (C=O) groups excluding carboxylic acids is 1. The molecule has 0 bridgehead atoms. The summed E-state index contributed by atoms with van der Waals surface area (Å²) in [6, 6.07) is 5.27. The molecule has 0 aliphatic heterocycles.